The van der Waals surface area contributed by atoms with Crippen LogP contribution in [0.1, 0.15) is 34.6 Å². The van der Waals surface area contributed by atoms with Gasteiger partial charge < -0.3 is 14.6 Å². The molecule has 2 aliphatic rings. The summed E-state index contributed by atoms with van der Waals surface area (Å²) in [5.41, 5.74) is 0.867. The van der Waals surface area contributed by atoms with Crippen LogP contribution >= 0.6 is 0 Å². The molecule has 1 aliphatic carbocycles. The average molecular weight is 226 g/mol. The monoisotopic (exact) mass is 226 g/mol. The Labute approximate surface area is 97.4 Å². The van der Waals surface area contributed by atoms with Crippen LogP contribution in [0.5, 0.6) is 0 Å². The minimum Gasteiger partial charge on any atom is -0.388 e. The molecule has 16 heavy (non-hydrogen) atoms. The third kappa shape index (κ3) is 2.04. The Balaban J connectivity index is 2.02. The first-order valence-electron chi connectivity index (χ1n) is 5.86. The minimum absolute atomic E-state index is 0.0788. The summed E-state index contributed by atoms with van der Waals surface area (Å²) in [6.45, 7) is 11.1. The number of aliphatic hydroxyl groups excluding tert-OH is 1. The van der Waals surface area contributed by atoms with Crippen molar-refractivity contribution in [2.75, 3.05) is 13.2 Å². The molecule has 0 aromatic rings. The van der Waals surface area contributed by atoms with Crippen molar-refractivity contribution < 1.29 is 14.6 Å². The molecule has 0 saturated carbocycles. The lowest BCUT2D eigenvalue weighted by molar-refractivity contribution is -0.292. The van der Waals surface area contributed by atoms with Crippen molar-refractivity contribution in [1.82, 2.24) is 0 Å². The fraction of sp³-hybridized carbons (Fsp3) is 0.846. The molecule has 0 radical (unpaired) electrons. The van der Waals surface area contributed by atoms with E-state index in [0.29, 0.717) is 13.2 Å². The van der Waals surface area contributed by atoms with Gasteiger partial charge in [-0.05, 0) is 19.4 Å². The third-order valence-corrected chi connectivity index (χ3v) is 3.63. The SMILES string of the molecule is CC1(C)OCC(C)(C(O)C2=CC2(C)C)CO1. The van der Waals surface area contributed by atoms with Crippen LogP contribution in [0.15, 0.2) is 11.6 Å². The summed E-state index contributed by atoms with van der Waals surface area (Å²) in [6.07, 6.45) is 1.65. The van der Waals surface area contributed by atoms with Crippen molar-refractivity contribution in [2.24, 2.45) is 10.8 Å². The summed E-state index contributed by atoms with van der Waals surface area (Å²) in [6, 6.07) is 0. The Bertz CT molecular complexity index is 318. The molecule has 0 aromatic carbocycles. The Morgan fingerprint density at radius 2 is 1.56 bits per heavy atom. The number of ether oxygens (including phenoxy) is 2. The van der Waals surface area contributed by atoms with Crippen LogP contribution in [0.4, 0.5) is 0 Å². The topological polar surface area (TPSA) is 38.7 Å². The summed E-state index contributed by atoms with van der Waals surface area (Å²) in [5, 5.41) is 10.4. The van der Waals surface area contributed by atoms with Gasteiger partial charge in [0.15, 0.2) is 5.79 Å². The molecular formula is C13H22O3. The normalized spacial score (nSPS) is 31.8. The minimum atomic E-state index is -0.521. The fourth-order valence-corrected chi connectivity index (χ4v) is 2.08. The molecule has 0 amide bonds. The van der Waals surface area contributed by atoms with E-state index in [1.807, 2.05) is 20.8 Å². The van der Waals surface area contributed by atoms with Gasteiger partial charge in [0.05, 0.1) is 19.3 Å². The Morgan fingerprint density at radius 1 is 1.12 bits per heavy atom. The van der Waals surface area contributed by atoms with Gasteiger partial charge in [-0.15, -0.1) is 0 Å². The van der Waals surface area contributed by atoms with Gasteiger partial charge in [-0.1, -0.05) is 26.8 Å². The second-order valence-electron chi connectivity index (χ2n) is 6.36. The summed E-state index contributed by atoms with van der Waals surface area (Å²) >= 11 is 0. The van der Waals surface area contributed by atoms with E-state index in [1.165, 1.54) is 0 Å². The van der Waals surface area contributed by atoms with Gasteiger partial charge >= 0.3 is 0 Å². The lowest BCUT2D eigenvalue weighted by Crippen LogP contribution is -2.50. The van der Waals surface area contributed by atoms with Crippen LogP contribution in [0.2, 0.25) is 0 Å². The molecule has 1 unspecified atom stereocenters. The molecule has 1 heterocycles. The molecular weight excluding hydrogens is 204 g/mol. The Morgan fingerprint density at radius 3 is 1.94 bits per heavy atom. The summed E-state index contributed by atoms with van der Waals surface area (Å²) in [5.74, 6) is -0.521. The molecule has 0 bridgehead atoms. The molecule has 0 aromatic heterocycles. The van der Waals surface area contributed by atoms with E-state index in [-0.39, 0.29) is 10.8 Å². The number of hydrogen-bond acceptors (Lipinski definition) is 3. The summed E-state index contributed by atoms with van der Waals surface area (Å²) < 4.78 is 11.3. The van der Waals surface area contributed by atoms with Crippen LogP contribution in [-0.4, -0.2) is 30.2 Å². The molecule has 1 fully saturated rings. The molecule has 92 valence electrons. The summed E-state index contributed by atoms with van der Waals surface area (Å²) in [7, 11) is 0. The molecule has 0 spiro atoms. The highest BCUT2D eigenvalue weighted by molar-refractivity contribution is 5.40. The summed E-state index contributed by atoms with van der Waals surface area (Å²) in [4.78, 5) is 0. The maximum Gasteiger partial charge on any atom is 0.162 e. The maximum atomic E-state index is 10.4. The zero-order valence-electron chi connectivity index (χ0n) is 10.8. The quantitative estimate of drug-likeness (QED) is 0.733. The molecule has 1 N–H and O–H groups in total. The van der Waals surface area contributed by atoms with Crippen molar-refractivity contribution in [3.8, 4) is 0 Å². The second-order valence-corrected chi connectivity index (χ2v) is 6.36. The highest BCUT2D eigenvalue weighted by Crippen LogP contribution is 2.50. The van der Waals surface area contributed by atoms with Crippen molar-refractivity contribution in [3.63, 3.8) is 0 Å². The van der Waals surface area contributed by atoms with Crippen molar-refractivity contribution >= 4 is 0 Å². The molecule has 3 heteroatoms. The van der Waals surface area contributed by atoms with E-state index >= 15 is 0 Å². The molecule has 1 aliphatic heterocycles. The highest BCUT2D eigenvalue weighted by Gasteiger charge is 2.49. The van der Waals surface area contributed by atoms with Crippen LogP contribution in [0.25, 0.3) is 0 Å². The van der Waals surface area contributed by atoms with Crippen LogP contribution < -0.4 is 0 Å². The first-order chi connectivity index (χ1) is 7.16. The fourth-order valence-electron chi connectivity index (χ4n) is 2.08. The highest BCUT2D eigenvalue weighted by atomic mass is 16.7. The number of rotatable bonds is 2. The van der Waals surface area contributed by atoms with Gasteiger partial charge in [0.2, 0.25) is 0 Å². The standard InChI is InChI=1S/C13H22O3/c1-11(2)6-9(11)10(14)13(5)7-15-12(3,4)16-8-13/h6,10,14H,7-8H2,1-5H3. The lowest BCUT2D eigenvalue weighted by atomic mass is 9.81. The largest absolute Gasteiger partial charge is 0.388 e. The predicted octanol–water partition coefficient (Wildman–Crippen LogP) is 2.10. The third-order valence-electron chi connectivity index (χ3n) is 3.63. The van der Waals surface area contributed by atoms with E-state index < -0.39 is 11.9 Å². The molecule has 2 rings (SSSR count). The van der Waals surface area contributed by atoms with Gasteiger partial charge in [-0.2, -0.15) is 0 Å². The molecule has 1 saturated heterocycles. The molecule has 1 atom stereocenters. The van der Waals surface area contributed by atoms with Gasteiger partial charge in [0.1, 0.15) is 0 Å². The Hall–Kier alpha value is -0.380. The average Bonchev–Trinajstić information content (AvgIpc) is 2.80. The number of aliphatic hydroxyl groups is 1. The van der Waals surface area contributed by atoms with Crippen LogP contribution in [-0.2, 0) is 9.47 Å². The van der Waals surface area contributed by atoms with E-state index in [9.17, 15) is 5.11 Å². The van der Waals surface area contributed by atoms with Crippen molar-refractivity contribution in [2.45, 2.75) is 46.5 Å². The van der Waals surface area contributed by atoms with Crippen LogP contribution in [0, 0.1) is 10.8 Å². The predicted molar refractivity (Wildman–Crippen MR) is 62.0 cm³/mol. The molecule has 3 nitrogen and oxygen atoms in total. The van der Waals surface area contributed by atoms with E-state index in [4.69, 9.17) is 9.47 Å². The maximum absolute atomic E-state index is 10.4. The van der Waals surface area contributed by atoms with E-state index in [1.54, 1.807) is 0 Å². The van der Waals surface area contributed by atoms with E-state index in [0.717, 1.165) is 5.57 Å². The van der Waals surface area contributed by atoms with Gasteiger partial charge in [0, 0.05) is 10.8 Å². The van der Waals surface area contributed by atoms with E-state index in [2.05, 4.69) is 19.9 Å². The van der Waals surface area contributed by atoms with Gasteiger partial charge in [-0.25, -0.2) is 0 Å². The zero-order chi connectivity index (χ0) is 12.2. The number of allylic oxidation sites excluding steroid dienone is 1. The van der Waals surface area contributed by atoms with Gasteiger partial charge in [0.25, 0.3) is 0 Å². The second kappa shape index (κ2) is 3.31. The van der Waals surface area contributed by atoms with Crippen molar-refractivity contribution in [3.05, 3.63) is 11.6 Å². The first kappa shape index (κ1) is 12.1. The van der Waals surface area contributed by atoms with Gasteiger partial charge in [-0.3, -0.25) is 0 Å². The lowest BCUT2D eigenvalue weighted by Gasteiger charge is -2.43. The first-order valence-corrected chi connectivity index (χ1v) is 5.86. The smallest absolute Gasteiger partial charge is 0.162 e. The Kier molecular flexibility index (Phi) is 2.50. The zero-order valence-corrected chi connectivity index (χ0v) is 10.8. The van der Waals surface area contributed by atoms with Crippen molar-refractivity contribution in [1.29, 1.82) is 0 Å². The number of hydrogen-bond donors (Lipinski definition) is 1. The van der Waals surface area contributed by atoms with Crippen LogP contribution in [0.3, 0.4) is 0 Å².